The number of carbonyl (C=O) groups is 1. The number of pyridine rings is 1. The average molecular weight is 289 g/mol. The summed E-state index contributed by atoms with van der Waals surface area (Å²) in [5, 5.41) is 5.04. The zero-order valence-electron chi connectivity index (χ0n) is 10.8. The number of halogens is 1. The highest BCUT2D eigenvalue weighted by Gasteiger charge is 2.36. The minimum atomic E-state index is -0.00745. The Morgan fingerprint density at radius 3 is 2.95 bits per heavy atom. The summed E-state index contributed by atoms with van der Waals surface area (Å²) in [5.41, 5.74) is 0.809. The second-order valence-corrected chi connectivity index (χ2v) is 5.77. The summed E-state index contributed by atoms with van der Waals surface area (Å²) < 4.78 is 1.82. The Morgan fingerprint density at radius 2 is 2.20 bits per heavy atom. The molecule has 6 heteroatoms. The number of ketones is 1. The van der Waals surface area contributed by atoms with Crippen LogP contribution in [0.25, 0.3) is 0 Å². The topological polar surface area (TPSA) is 60.7 Å². The third-order valence-corrected chi connectivity index (χ3v) is 4.23. The van der Waals surface area contributed by atoms with Gasteiger partial charge in [0, 0.05) is 18.5 Å². The Bertz CT molecular complexity index is 692. The summed E-state index contributed by atoms with van der Waals surface area (Å²) in [6, 6.07) is 3.63. The fourth-order valence-electron chi connectivity index (χ4n) is 2.69. The maximum Gasteiger partial charge on any atom is 0.217 e. The first-order valence-electron chi connectivity index (χ1n) is 6.84. The van der Waals surface area contributed by atoms with Gasteiger partial charge in [-0.1, -0.05) is 11.6 Å². The predicted molar refractivity (Wildman–Crippen MR) is 72.8 cm³/mol. The number of nitrogens with zero attached hydrogens (tertiary/aromatic N) is 4. The summed E-state index contributed by atoms with van der Waals surface area (Å²) in [6.45, 7) is 0. The lowest BCUT2D eigenvalue weighted by molar-refractivity contribution is 0.0957. The zero-order chi connectivity index (χ0) is 13.7. The van der Waals surface area contributed by atoms with Crippen molar-refractivity contribution in [2.45, 2.75) is 31.7 Å². The van der Waals surface area contributed by atoms with Crippen molar-refractivity contribution in [2.24, 2.45) is 5.92 Å². The monoisotopic (exact) mass is 288 g/mol. The maximum atomic E-state index is 12.0. The standard InChI is InChI=1S/C14H13ClN4O/c15-9-2-1-7-16-12(9)10-5-6-11-17-14(18-19(10)11)13(20)8-3-4-8/h1-2,7-8,10H,3-6H2. The van der Waals surface area contributed by atoms with Gasteiger partial charge in [0.15, 0.2) is 0 Å². The van der Waals surface area contributed by atoms with Gasteiger partial charge in [0.05, 0.1) is 16.8 Å². The number of aromatic nitrogens is 4. The lowest BCUT2D eigenvalue weighted by atomic mass is 10.1. The van der Waals surface area contributed by atoms with E-state index < -0.39 is 0 Å². The predicted octanol–water partition coefficient (Wildman–Crippen LogP) is 2.45. The van der Waals surface area contributed by atoms with Gasteiger partial charge in [-0.3, -0.25) is 9.78 Å². The molecule has 1 unspecified atom stereocenters. The second kappa shape index (κ2) is 4.38. The van der Waals surface area contributed by atoms with Crippen LogP contribution in [0, 0.1) is 5.92 Å². The molecule has 20 heavy (non-hydrogen) atoms. The zero-order valence-corrected chi connectivity index (χ0v) is 11.5. The molecule has 2 aromatic heterocycles. The Labute approximate surface area is 121 Å². The number of fused-ring (bicyclic) bond motifs is 1. The molecule has 1 atom stereocenters. The third-order valence-electron chi connectivity index (χ3n) is 3.91. The van der Waals surface area contributed by atoms with E-state index in [9.17, 15) is 4.79 Å². The van der Waals surface area contributed by atoms with Gasteiger partial charge in [0.1, 0.15) is 5.82 Å². The number of aryl methyl sites for hydroxylation is 1. The molecule has 2 aliphatic rings. The van der Waals surface area contributed by atoms with Crippen LogP contribution in [0.4, 0.5) is 0 Å². The molecular formula is C14H13ClN4O. The molecule has 1 aliphatic heterocycles. The largest absolute Gasteiger partial charge is 0.290 e. The summed E-state index contributed by atoms with van der Waals surface area (Å²) in [6.07, 6.45) is 5.36. The van der Waals surface area contributed by atoms with Crippen LogP contribution in [0.3, 0.4) is 0 Å². The van der Waals surface area contributed by atoms with Crippen LogP contribution < -0.4 is 0 Å². The van der Waals surface area contributed by atoms with Gasteiger partial charge in [0.25, 0.3) is 0 Å². The molecule has 0 amide bonds. The lowest BCUT2D eigenvalue weighted by Crippen LogP contribution is -2.12. The van der Waals surface area contributed by atoms with Crippen molar-refractivity contribution in [3.05, 3.63) is 40.7 Å². The van der Waals surface area contributed by atoms with E-state index in [1.54, 1.807) is 6.20 Å². The first-order valence-corrected chi connectivity index (χ1v) is 7.22. The van der Waals surface area contributed by atoms with Crippen molar-refractivity contribution in [2.75, 3.05) is 0 Å². The number of hydrogen-bond donors (Lipinski definition) is 0. The molecule has 1 aliphatic carbocycles. The number of carbonyl (C=O) groups excluding carboxylic acids is 1. The van der Waals surface area contributed by atoms with Crippen molar-refractivity contribution in [3.8, 4) is 0 Å². The average Bonchev–Trinajstić information content (AvgIpc) is 3.09. The summed E-state index contributed by atoms with van der Waals surface area (Å²) in [4.78, 5) is 20.8. The molecule has 0 N–H and O–H groups in total. The fourth-order valence-corrected chi connectivity index (χ4v) is 2.94. The van der Waals surface area contributed by atoms with E-state index in [0.717, 1.165) is 37.2 Å². The number of Topliss-reactive ketones (excluding diaryl/α,β-unsaturated/α-hetero) is 1. The SMILES string of the molecule is O=C(c1nc2n(n1)C(c1ncccc1Cl)CC2)C1CC1. The van der Waals surface area contributed by atoms with Gasteiger partial charge >= 0.3 is 0 Å². The molecule has 0 spiro atoms. The quantitative estimate of drug-likeness (QED) is 0.814. The highest BCUT2D eigenvalue weighted by Crippen LogP contribution is 2.35. The number of hydrogen-bond acceptors (Lipinski definition) is 4. The molecule has 0 bridgehead atoms. The molecule has 102 valence electrons. The Kier molecular flexibility index (Phi) is 2.63. The van der Waals surface area contributed by atoms with Crippen molar-refractivity contribution in [1.29, 1.82) is 0 Å². The molecular weight excluding hydrogens is 276 g/mol. The van der Waals surface area contributed by atoms with Crippen LogP contribution >= 0.6 is 11.6 Å². The molecule has 4 rings (SSSR count). The molecule has 5 nitrogen and oxygen atoms in total. The van der Waals surface area contributed by atoms with Crippen LogP contribution in [0.2, 0.25) is 5.02 Å². The smallest absolute Gasteiger partial charge is 0.217 e. The van der Waals surface area contributed by atoms with Crippen molar-refractivity contribution in [3.63, 3.8) is 0 Å². The first-order chi connectivity index (χ1) is 9.74. The second-order valence-electron chi connectivity index (χ2n) is 5.36. The number of rotatable bonds is 3. The summed E-state index contributed by atoms with van der Waals surface area (Å²) >= 11 is 6.21. The molecule has 2 aromatic rings. The van der Waals surface area contributed by atoms with E-state index in [4.69, 9.17) is 11.6 Å². The Morgan fingerprint density at radius 1 is 1.35 bits per heavy atom. The molecule has 0 radical (unpaired) electrons. The summed E-state index contributed by atoms with van der Waals surface area (Å²) in [5.74, 6) is 1.45. The van der Waals surface area contributed by atoms with Crippen molar-refractivity contribution in [1.82, 2.24) is 19.7 Å². The van der Waals surface area contributed by atoms with Crippen LogP contribution in [0.5, 0.6) is 0 Å². The fraction of sp³-hybridized carbons (Fsp3) is 0.429. The molecule has 1 saturated carbocycles. The van der Waals surface area contributed by atoms with E-state index in [1.165, 1.54) is 0 Å². The Hall–Kier alpha value is -1.75. The van der Waals surface area contributed by atoms with E-state index in [2.05, 4.69) is 15.1 Å². The highest BCUT2D eigenvalue weighted by molar-refractivity contribution is 6.31. The van der Waals surface area contributed by atoms with E-state index >= 15 is 0 Å². The minimum absolute atomic E-state index is 0.00745. The lowest BCUT2D eigenvalue weighted by Gasteiger charge is -2.11. The van der Waals surface area contributed by atoms with Gasteiger partial charge in [0.2, 0.25) is 11.6 Å². The third kappa shape index (κ3) is 1.85. The van der Waals surface area contributed by atoms with E-state index in [0.29, 0.717) is 10.8 Å². The Balaban J connectivity index is 1.71. The van der Waals surface area contributed by atoms with Crippen LogP contribution in [-0.2, 0) is 6.42 Å². The summed E-state index contributed by atoms with van der Waals surface area (Å²) in [7, 11) is 0. The van der Waals surface area contributed by atoms with Crippen molar-refractivity contribution >= 4 is 17.4 Å². The van der Waals surface area contributed by atoms with E-state index in [1.807, 2.05) is 16.8 Å². The van der Waals surface area contributed by atoms with Crippen LogP contribution in [0.15, 0.2) is 18.3 Å². The highest BCUT2D eigenvalue weighted by atomic mass is 35.5. The van der Waals surface area contributed by atoms with Crippen molar-refractivity contribution < 1.29 is 4.79 Å². The molecule has 3 heterocycles. The molecule has 1 fully saturated rings. The van der Waals surface area contributed by atoms with Crippen LogP contribution in [-0.4, -0.2) is 25.5 Å². The van der Waals surface area contributed by atoms with Gasteiger partial charge < -0.3 is 0 Å². The van der Waals surface area contributed by atoms with Gasteiger partial charge in [-0.25, -0.2) is 9.67 Å². The maximum absolute atomic E-state index is 12.0. The van der Waals surface area contributed by atoms with E-state index in [-0.39, 0.29) is 17.7 Å². The van der Waals surface area contributed by atoms with Crippen LogP contribution in [0.1, 0.15) is 47.4 Å². The van der Waals surface area contributed by atoms with Gasteiger partial charge in [-0.2, -0.15) is 0 Å². The molecule has 0 saturated heterocycles. The normalized spacial score (nSPS) is 20.9. The van der Waals surface area contributed by atoms with Gasteiger partial charge in [-0.15, -0.1) is 5.10 Å². The molecule has 0 aromatic carbocycles. The van der Waals surface area contributed by atoms with Gasteiger partial charge in [-0.05, 0) is 31.4 Å². The first kappa shape index (κ1) is 12.0. The minimum Gasteiger partial charge on any atom is -0.290 e.